The molecule has 1 heterocycles. The molecule has 1 unspecified atom stereocenters. The van der Waals surface area contributed by atoms with Crippen LogP contribution in [-0.2, 0) is 0 Å². The molecule has 1 aliphatic rings. The lowest BCUT2D eigenvalue weighted by atomic mass is 10.1. The number of nitrogens with zero attached hydrogens (tertiary/aromatic N) is 1. The van der Waals surface area contributed by atoms with Crippen LogP contribution in [-0.4, -0.2) is 24.6 Å². The van der Waals surface area contributed by atoms with Crippen molar-refractivity contribution in [3.8, 4) is 5.75 Å². The topological polar surface area (TPSA) is 64.4 Å². The van der Waals surface area contributed by atoms with E-state index in [2.05, 4.69) is 21.2 Å². The molecule has 0 radical (unpaired) electrons. The van der Waals surface area contributed by atoms with Crippen molar-refractivity contribution in [1.29, 1.82) is 0 Å². The second-order valence-corrected chi connectivity index (χ2v) is 5.34. The van der Waals surface area contributed by atoms with Gasteiger partial charge in [-0.25, -0.2) is 4.39 Å². The number of rotatable bonds is 5. The molecule has 1 fully saturated rings. The van der Waals surface area contributed by atoms with Gasteiger partial charge in [-0.2, -0.15) is 0 Å². The number of nitro groups is 1. The fourth-order valence-electron chi connectivity index (χ4n) is 2.07. The second-order valence-electron chi connectivity index (χ2n) is 4.49. The van der Waals surface area contributed by atoms with Crippen LogP contribution >= 0.6 is 15.9 Å². The van der Waals surface area contributed by atoms with Gasteiger partial charge < -0.3 is 10.1 Å². The van der Waals surface area contributed by atoms with E-state index < -0.39 is 10.7 Å². The average Bonchev–Trinajstić information content (AvgIpc) is 2.86. The highest BCUT2D eigenvalue weighted by Gasteiger charge is 2.20. The maximum atomic E-state index is 13.4. The summed E-state index contributed by atoms with van der Waals surface area (Å²) in [6.45, 7) is 2.30. The first-order valence-corrected chi connectivity index (χ1v) is 6.84. The van der Waals surface area contributed by atoms with Crippen LogP contribution in [0.2, 0.25) is 0 Å². The highest BCUT2D eigenvalue weighted by molar-refractivity contribution is 9.10. The predicted molar refractivity (Wildman–Crippen MR) is 71.8 cm³/mol. The minimum absolute atomic E-state index is 0.0170. The quantitative estimate of drug-likeness (QED) is 0.665. The summed E-state index contributed by atoms with van der Waals surface area (Å²) >= 11 is 2.93. The third-order valence-electron chi connectivity index (χ3n) is 3.14. The van der Waals surface area contributed by atoms with Gasteiger partial charge in [0.25, 0.3) is 0 Å². The van der Waals surface area contributed by atoms with Crippen molar-refractivity contribution in [3.05, 3.63) is 32.5 Å². The van der Waals surface area contributed by atoms with Gasteiger partial charge >= 0.3 is 5.69 Å². The van der Waals surface area contributed by atoms with Crippen molar-refractivity contribution in [2.24, 2.45) is 5.92 Å². The Hall–Kier alpha value is -1.21. The first-order chi connectivity index (χ1) is 9.08. The van der Waals surface area contributed by atoms with Crippen molar-refractivity contribution >= 4 is 21.6 Å². The van der Waals surface area contributed by atoms with Gasteiger partial charge in [-0.05, 0) is 47.8 Å². The minimum Gasteiger partial charge on any atom is -0.487 e. The van der Waals surface area contributed by atoms with Crippen LogP contribution in [0.3, 0.4) is 0 Å². The van der Waals surface area contributed by atoms with E-state index in [0.29, 0.717) is 12.5 Å². The fourth-order valence-corrected chi connectivity index (χ4v) is 2.40. The third-order valence-corrected chi connectivity index (χ3v) is 3.75. The average molecular weight is 333 g/mol. The van der Waals surface area contributed by atoms with Crippen molar-refractivity contribution in [2.45, 2.75) is 12.8 Å². The van der Waals surface area contributed by atoms with Crippen LogP contribution in [0.1, 0.15) is 12.8 Å². The first-order valence-electron chi connectivity index (χ1n) is 6.05. The van der Waals surface area contributed by atoms with Gasteiger partial charge in [-0.3, -0.25) is 10.1 Å². The Kier molecular flexibility index (Phi) is 4.71. The van der Waals surface area contributed by atoms with E-state index in [0.717, 1.165) is 38.1 Å². The molecule has 1 aromatic carbocycles. The van der Waals surface area contributed by atoms with Crippen molar-refractivity contribution in [1.82, 2.24) is 5.32 Å². The normalized spacial score (nSPS) is 18.5. The molecule has 0 bridgehead atoms. The number of nitro benzene ring substituents is 1. The Morgan fingerprint density at radius 2 is 2.37 bits per heavy atom. The summed E-state index contributed by atoms with van der Waals surface area (Å²) in [6, 6.07) is 2.18. The summed E-state index contributed by atoms with van der Waals surface area (Å²) in [5, 5.41) is 14.1. The summed E-state index contributed by atoms with van der Waals surface area (Å²) in [4.78, 5) is 10.3. The summed E-state index contributed by atoms with van der Waals surface area (Å²) in [7, 11) is 0. The molecule has 0 saturated carbocycles. The lowest BCUT2D eigenvalue weighted by Crippen LogP contribution is -2.12. The van der Waals surface area contributed by atoms with Gasteiger partial charge in [0.15, 0.2) is 5.75 Å². The number of hydrogen-bond donors (Lipinski definition) is 1. The van der Waals surface area contributed by atoms with Crippen molar-refractivity contribution in [2.75, 3.05) is 19.7 Å². The summed E-state index contributed by atoms with van der Waals surface area (Å²) in [5.74, 6) is -0.0564. The van der Waals surface area contributed by atoms with E-state index in [1.807, 2.05) is 0 Å². The largest absolute Gasteiger partial charge is 0.487 e. The molecule has 0 spiro atoms. The molecule has 0 aromatic heterocycles. The number of halogens is 2. The molecule has 104 valence electrons. The highest BCUT2D eigenvalue weighted by Crippen LogP contribution is 2.32. The molecule has 0 aliphatic carbocycles. The van der Waals surface area contributed by atoms with E-state index in [9.17, 15) is 14.5 Å². The van der Waals surface area contributed by atoms with Gasteiger partial charge in [0.2, 0.25) is 0 Å². The van der Waals surface area contributed by atoms with E-state index in [1.165, 1.54) is 0 Å². The van der Waals surface area contributed by atoms with E-state index in [1.54, 1.807) is 0 Å². The molecule has 1 aliphatic heterocycles. The fraction of sp³-hybridized carbons (Fsp3) is 0.500. The number of nitrogens with one attached hydrogen (secondary N) is 1. The van der Waals surface area contributed by atoms with Gasteiger partial charge in [-0.15, -0.1) is 0 Å². The van der Waals surface area contributed by atoms with E-state index in [-0.39, 0.29) is 15.9 Å². The zero-order valence-corrected chi connectivity index (χ0v) is 11.8. The van der Waals surface area contributed by atoms with Crippen LogP contribution < -0.4 is 10.1 Å². The first kappa shape index (κ1) is 14.2. The molecule has 1 saturated heterocycles. The summed E-state index contributed by atoms with van der Waals surface area (Å²) in [6.07, 6.45) is 1.89. The number of ether oxygens (including phenoxy) is 1. The predicted octanol–water partition coefficient (Wildman–Crippen LogP) is 2.87. The van der Waals surface area contributed by atoms with Gasteiger partial charge in [0, 0.05) is 12.1 Å². The van der Waals surface area contributed by atoms with Gasteiger partial charge in [-0.1, -0.05) is 0 Å². The standard InChI is InChI=1S/C12H14BrFN2O3/c13-9-5-11(16(17)18)12(6-10(9)14)19-4-2-8-1-3-15-7-8/h5-6,8,15H,1-4,7H2. The minimum atomic E-state index is -0.573. The molecular weight excluding hydrogens is 319 g/mol. The van der Waals surface area contributed by atoms with Gasteiger partial charge in [0.1, 0.15) is 5.82 Å². The molecule has 5 nitrogen and oxygen atoms in total. The Bertz CT molecular complexity index is 478. The Morgan fingerprint density at radius 1 is 1.58 bits per heavy atom. The zero-order valence-electron chi connectivity index (χ0n) is 10.2. The van der Waals surface area contributed by atoms with Crippen molar-refractivity contribution in [3.63, 3.8) is 0 Å². The molecule has 1 atom stereocenters. The van der Waals surface area contributed by atoms with Gasteiger partial charge in [0.05, 0.1) is 16.0 Å². The molecule has 7 heteroatoms. The lowest BCUT2D eigenvalue weighted by molar-refractivity contribution is -0.386. The molecule has 1 aromatic rings. The maximum Gasteiger partial charge on any atom is 0.312 e. The highest BCUT2D eigenvalue weighted by atomic mass is 79.9. The Morgan fingerprint density at radius 3 is 3.00 bits per heavy atom. The monoisotopic (exact) mass is 332 g/mol. The Balaban J connectivity index is 2.01. The second kappa shape index (κ2) is 6.29. The lowest BCUT2D eigenvalue weighted by Gasteiger charge is -2.10. The smallest absolute Gasteiger partial charge is 0.312 e. The summed E-state index contributed by atoms with van der Waals surface area (Å²) < 4.78 is 18.8. The molecular formula is C12H14BrFN2O3. The van der Waals surface area contributed by atoms with Crippen LogP contribution in [0, 0.1) is 21.8 Å². The number of hydrogen-bond acceptors (Lipinski definition) is 4. The van der Waals surface area contributed by atoms with Crippen LogP contribution in [0.5, 0.6) is 5.75 Å². The van der Waals surface area contributed by atoms with Crippen molar-refractivity contribution < 1.29 is 14.1 Å². The molecule has 19 heavy (non-hydrogen) atoms. The molecule has 1 N–H and O–H groups in total. The third kappa shape index (κ3) is 3.63. The van der Waals surface area contributed by atoms with Crippen LogP contribution in [0.4, 0.5) is 10.1 Å². The van der Waals surface area contributed by atoms with E-state index >= 15 is 0 Å². The van der Waals surface area contributed by atoms with Crippen LogP contribution in [0.25, 0.3) is 0 Å². The Labute approximate surface area is 118 Å². The van der Waals surface area contributed by atoms with Crippen LogP contribution in [0.15, 0.2) is 16.6 Å². The SMILES string of the molecule is O=[N+]([O-])c1cc(Br)c(F)cc1OCCC1CCNC1. The maximum absolute atomic E-state index is 13.4. The molecule has 0 amide bonds. The molecule has 2 rings (SSSR count). The number of benzene rings is 1. The summed E-state index contributed by atoms with van der Waals surface area (Å²) in [5.41, 5.74) is -0.224. The van der Waals surface area contributed by atoms with E-state index in [4.69, 9.17) is 4.74 Å². The zero-order chi connectivity index (χ0) is 13.8.